The van der Waals surface area contributed by atoms with Crippen LogP contribution in [0.4, 0.5) is 0 Å². The summed E-state index contributed by atoms with van der Waals surface area (Å²) in [7, 11) is 0. The van der Waals surface area contributed by atoms with Crippen LogP contribution in [0.15, 0.2) is 10.8 Å². The normalized spacial score (nSPS) is 19.0. The molecule has 0 radical (unpaired) electrons. The van der Waals surface area contributed by atoms with E-state index in [9.17, 15) is 0 Å². The molecule has 2 aliphatic carbocycles. The lowest BCUT2D eigenvalue weighted by Gasteiger charge is -1.99. The fourth-order valence-electron chi connectivity index (χ4n) is 1.77. The first-order valence-electron chi connectivity index (χ1n) is 7.99. The molecule has 0 aromatic carbocycles. The molecule has 0 spiro atoms. The zero-order valence-electron chi connectivity index (χ0n) is 12.4. The first kappa shape index (κ1) is 17.5. The topological polar surface area (TPSA) is 0 Å². The van der Waals surface area contributed by atoms with Crippen molar-refractivity contribution in [2.24, 2.45) is 11.8 Å². The zero-order valence-corrected chi connectivity index (χ0v) is 15.7. The van der Waals surface area contributed by atoms with E-state index in [1.165, 1.54) is 73.0 Å². The van der Waals surface area contributed by atoms with Gasteiger partial charge in [-0.25, -0.2) is 0 Å². The van der Waals surface area contributed by atoms with Crippen LogP contribution in [-0.2, 0) is 0 Å². The van der Waals surface area contributed by atoms with Crippen LogP contribution >= 0.6 is 47.0 Å². The van der Waals surface area contributed by atoms with Gasteiger partial charge in [-0.05, 0) is 95.7 Å². The third-order valence-electron chi connectivity index (χ3n) is 3.45. The van der Waals surface area contributed by atoms with E-state index < -0.39 is 0 Å². The Morgan fingerprint density at radius 2 is 1.10 bits per heavy atom. The Labute approximate surface area is 142 Å². The minimum atomic E-state index is 1.09. The molecule has 0 amide bonds. The van der Waals surface area contributed by atoms with Gasteiger partial charge in [-0.3, -0.25) is 0 Å². The maximum atomic E-state index is 2.30. The van der Waals surface area contributed by atoms with Crippen molar-refractivity contribution in [3.63, 3.8) is 0 Å². The van der Waals surface area contributed by atoms with E-state index in [1.54, 1.807) is 0 Å². The molecule has 0 N–H and O–H groups in total. The van der Waals surface area contributed by atoms with E-state index in [4.69, 9.17) is 0 Å². The largest absolute Gasteiger partial charge is 0.162 e. The average Bonchev–Trinajstić information content (AvgIpc) is 3.34. The molecule has 2 fully saturated rings. The first-order chi connectivity index (χ1) is 9.95. The lowest BCUT2D eigenvalue weighted by molar-refractivity contribution is 0.995. The van der Waals surface area contributed by atoms with E-state index >= 15 is 0 Å². The minimum absolute atomic E-state index is 1.09. The highest BCUT2D eigenvalue weighted by atomic mass is 32.2. The Bertz CT molecular complexity index is 233. The van der Waals surface area contributed by atoms with Crippen LogP contribution in [-0.4, -0.2) is 34.5 Å². The molecule has 0 bridgehead atoms. The van der Waals surface area contributed by atoms with Gasteiger partial charge in [0.2, 0.25) is 0 Å². The third kappa shape index (κ3) is 10.8. The molecular formula is C16H28S4. The van der Waals surface area contributed by atoms with Gasteiger partial charge >= 0.3 is 0 Å². The molecule has 0 aromatic rings. The second-order valence-corrected chi connectivity index (χ2v) is 10.1. The molecule has 0 aromatic heterocycles. The highest BCUT2D eigenvalue weighted by molar-refractivity contribution is 8.05. The second kappa shape index (κ2) is 11.7. The van der Waals surface area contributed by atoms with Crippen molar-refractivity contribution < 1.29 is 0 Å². The summed E-state index contributed by atoms with van der Waals surface area (Å²) < 4.78 is 0. The van der Waals surface area contributed by atoms with Crippen LogP contribution in [0.3, 0.4) is 0 Å². The summed E-state index contributed by atoms with van der Waals surface area (Å²) in [6.07, 6.45) is 8.74. The van der Waals surface area contributed by atoms with Gasteiger partial charge < -0.3 is 0 Å². The van der Waals surface area contributed by atoms with Gasteiger partial charge in [-0.1, -0.05) is 0 Å². The number of hydrogen-bond acceptors (Lipinski definition) is 4. The fourth-order valence-corrected chi connectivity index (χ4v) is 6.02. The number of hydrogen-bond donors (Lipinski definition) is 0. The van der Waals surface area contributed by atoms with Crippen LogP contribution in [0.5, 0.6) is 0 Å². The molecular weight excluding hydrogens is 320 g/mol. The summed E-state index contributed by atoms with van der Waals surface area (Å²) in [5, 5.41) is 4.60. The van der Waals surface area contributed by atoms with E-state index in [0.29, 0.717) is 0 Å². The summed E-state index contributed by atoms with van der Waals surface area (Å²) in [4.78, 5) is 0. The Morgan fingerprint density at radius 3 is 1.50 bits per heavy atom. The van der Waals surface area contributed by atoms with Gasteiger partial charge in [0.05, 0.1) is 0 Å². The SMILES string of the molecule is C(=C\SCCCSCC1CC1)/SCCCSCC1CC1. The fraction of sp³-hybridized carbons (Fsp3) is 0.875. The molecule has 2 aliphatic rings. The highest BCUT2D eigenvalue weighted by Crippen LogP contribution is 2.33. The standard InChI is InChI=1S/C16H28S4/c1(9-19-13-15-3-4-15)7-17-11-12-18-8-2-10-20-14-16-5-6-16/h11-12,15-16H,1-10,13-14H2/b12-11+. The van der Waals surface area contributed by atoms with Gasteiger partial charge in [0.15, 0.2) is 0 Å². The molecule has 0 heterocycles. The summed E-state index contributed by atoms with van der Waals surface area (Å²) in [6.45, 7) is 0. The monoisotopic (exact) mass is 348 g/mol. The smallest absolute Gasteiger partial charge is 0.00179 e. The molecule has 0 aliphatic heterocycles. The predicted octanol–water partition coefficient (Wildman–Crippen LogP) is 5.99. The van der Waals surface area contributed by atoms with Crippen molar-refractivity contribution in [1.82, 2.24) is 0 Å². The Balaban J connectivity index is 1.22. The van der Waals surface area contributed by atoms with Crippen molar-refractivity contribution in [3.05, 3.63) is 10.8 Å². The predicted molar refractivity (Wildman–Crippen MR) is 103 cm³/mol. The van der Waals surface area contributed by atoms with Crippen LogP contribution in [0.25, 0.3) is 0 Å². The lowest BCUT2D eigenvalue weighted by atomic mass is 10.5. The molecule has 0 atom stereocenters. The molecule has 0 saturated heterocycles. The minimum Gasteiger partial charge on any atom is -0.162 e. The summed E-state index contributed by atoms with van der Waals surface area (Å²) in [5.74, 6) is 10.4. The second-order valence-electron chi connectivity index (χ2n) is 5.76. The van der Waals surface area contributed by atoms with E-state index in [1.807, 2.05) is 23.5 Å². The Morgan fingerprint density at radius 1 is 0.650 bits per heavy atom. The van der Waals surface area contributed by atoms with Gasteiger partial charge in [0.1, 0.15) is 0 Å². The average molecular weight is 349 g/mol. The lowest BCUT2D eigenvalue weighted by Crippen LogP contribution is -1.87. The first-order valence-corrected chi connectivity index (χ1v) is 12.4. The van der Waals surface area contributed by atoms with Crippen molar-refractivity contribution in [3.8, 4) is 0 Å². The number of thioether (sulfide) groups is 4. The third-order valence-corrected chi connectivity index (χ3v) is 7.90. The molecule has 2 rings (SSSR count). The van der Waals surface area contributed by atoms with Crippen LogP contribution < -0.4 is 0 Å². The van der Waals surface area contributed by atoms with Crippen molar-refractivity contribution >= 4 is 47.0 Å². The molecule has 2 saturated carbocycles. The van der Waals surface area contributed by atoms with Crippen molar-refractivity contribution in [2.45, 2.75) is 38.5 Å². The molecule has 0 nitrogen and oxygen atoms in total. The van der Waals surface area contributed by atoms with Gasteiger partial charge in [0.25, 0.3) is 0 Å². The maximum Gasteiger partial charge on any atom is -0.00179 e. The Kier molecular flexibility index (Phi) is 10.2. The quantitative estimate of drug-likeness (QED) is 0.353. The Hall–Kier alpha value is 1.14. The van der Waals surface area contributed by atoms with E-state index in [-0.39, 0.29) is 0 Å². The zero-order chi connectivity index (χ0) is 13.9. The summed E-state index contributed by atoms with van der Waals surface area (Å²) in [6, 6.07) is 0. The van der Waals surface area contributed by atoms with Crippen LogP contribution in [0, 0.1) is 11.8 Å². The van der Waals surface area contributed by atoms with Gasteiger partial charge in [-0.2, -0.15) is 23.5 Å². The van der Waals surface area contributed by atoms with Gasteiger partial charge in [0, 0.05) is 0 Å². The van der Waals surface area contributed by atoms with Crippen molar-refractivity contribution in [1.29, 1.82) is 0 Å². The molecule has 116 valence electrons. The van der Waals surface area contributed by atoms with Gasteiger partial charge in [-0.15, -0.1) is 23.5 Å². The summed E-state index contributed by atoms with van der Waals surface area (Å²) >= 11 is 8.31. The van der Waals surface area contributed by atoms with Crippen molar-refractivity contribution in [2.75, 3.05) is 34.5 Å². The molecule has 0 unspecified atom stereocenters. The van der Waals surface area contributed by atoms with E-state index in [2.05, 4.69) is 34.3 Å². The summed E-state index contributed by atoms with van der Waals surface area (Å²) in [5.41, 5.74) is 0. The highest BCUT2D eigenvalue weighted by Gasteiger charge is 2.20. The van der Waals surface area contributed by atoms with E-state index in [0.717, 1.165) is 11.8 Å². The van der Waals surface area contributed by atoms with Crippen LogP contribution in [0.2, 0.25) is 0 Å². The molecule has 20 heavy (non-hydrogen) atoms. The maximum absolute atomic E-state index is 2.30. The van der Waals surface area contributed by atoms with Crippen LogP contribution in [0.1, 0.15) is 38.5 Å². The molecule has 4 heteroatoms. The number of rotatable bonds is 14.